The van der Waals surface area contributed by atoms with Crippen LogP contribution in [0, 0.1) is 0 Å². The van der Waals surface area contributed by atoms with E-state index in [4.69, 9.17) is 9.84 Å². The van der Waals surface area contributed by atoms with Gasteiger partial charge in [-0.2, -0.15) is 17.4 Å². The zero-order chi connectivity index (χ0) is 17.9. The van der Waals surface area contributed by atoms with Gasteiger partial charge in [0.15, 0.2) is 0 Å². The highest BCUT2D eigenvalue weighted by atomic mass is 32.2. The number of piperidine rings is 1. The van der Waals surface area contributed by atoms with Gasteiger partial charge >= 0.3 is 6.09 Å². The summed E-state index contributed by atoms with van der Waals surface area (Å²) in [5.41, 5.74) is 0.301. The van der Waals surface area contributed by atoms with Crippen molar-refractivity contribution >= 4 is 16.3 Å². The number of nitrogens with zero attached hydrogens (tertiary/aromatic N) is 2. The second-order valence-corrected chi connectivity index (χ2v) is 8.20. The molecule has 2 aliphatic rings. The van der Waals surface area contributed by atoms with E-state index in [0.717, 1.165) is 5.56 Å². The zero-order valence-electron chi connectivity index (χ0n) is 13.9. The lowest BCUT2D eigenvalue weighted by atomic mass is 9.90. The van der Waals surface area contributed by atoms with Gasteiger partial charge in [-0.1, -0.05) is 30.3 Å². The number of likely N-dealkylation sites (tertiary alicyclic amines) is 1. The van der Waals surface area contributed by atoms with E-state index in [-0.39, 0.29) is 13.1 Å². The number of ether oxygens (including phenoxy) is 1. The normalized spacial score (nSPS) is 21.4. The first-order valence-electron chi connectivity index (χ1n) is 8.31. The van der Waals surface area contributed by atoms with E-state index in [9.17, 15) is 13.2 Å². The Kier molecular flexibility index (Phi) is 5.28. The first kappa shape index (κ1) is 18.1. The molecule has 2 aliphatic heterocycles. The van der Waals surface area contributed by atoms with Gasteiger partial charge in [-0.25, -0.2) is 4.79 Å². The second kappa shape index (κ2) is 7.28. The van der Waals surface area contributed by atoms with Gasteiger partial charge in [0.25, 0.3) is 10.2 Å². The number of benzene rings is 1. The van der Waals surface area contributed by atoms with Gasteiger partial charge in [-0.3, -0.25) is 0 Å². The lowest BCUT2D eigenvalue weighted by Crippen LogP contribution is -2.59. The van der Waals surface area contributed by atoms with E-state index in [1.807, 2.05) is 30.3 Å². The van der Waals surface area contributed by atoms with Crippen molar-refractivity contribution in [3.8, 4) is 0 Å². The smallest absolute Gasteiger partial charge is 0.407 e. The Bertz CT molecular complexity index is 702. The van der Waals surface area contributed by atoms with Gasteiger partial charge < -0.3 is 14.7 Å². The zero-order valence-corrected chi connectivity index (χ0v) is 14.7. The highest BCUT2D eigenvalue weighted by Gasteiger charge is 2.43. The fraction of sp³-hybridized carbons (Fsp3) is 0.562. The van der Waals surface area contributed by atoms with Crippen molar-refractivity contribution in [2.24, 2.45) is 0 Å². The highest BCUT2D eigenvalue weighted by Crippen LogP contribution is 2.31. The molecule has 0 radical (unpaired) electrons. The van der Waals surface area contributed by atoms with Crippen molar-refractivity contribution in [2.75, 3.05) is 32.8 Å². The maximum absolute atomic E-state index is 12.6. The van der Waals surface area contributed by atoms with Crippen molar-refractivity contribution in [1.82, 2.24) is 13.9 Å². The van der Waals surface area contributed by atoms with Crippen LogP contribution in [0.1, 0.15) is 18.4 Å². The number of hydrogen-bond acceptors (Lipinski definition) is 4. The molecule has 0 unspecified atom stereocenters. The Morgan fingerprint density at radius 3 is 2.52 bits per heavy atom. The molecular weight excluding hydrogens is 346 g/mol. The Hall–Kier alpha value is -1.68. The predicted octanol–water partition coefficient (Wildman–Crippen LogP) is 0.866. The van der Waals surface area contributed by atoms with Crippen LogP contribution >= 0.6 is 0 Å². The SMILES string of the molecule is O=C(O)N1CCC2(CC1)CN(S(=O)(=O)NCc1ccccc1)CCO2. The van der Waals surface area contributed by atoms with Gasteiger partial charge in [-0.15, -0.1) is 0 Å². The number of carbonyl (C=O) groups is 1. The molecule has 2 saturated heterocycles. The maximum atomic E-state index is 12.6. The Balaban J connectivity index is 1.61. The minimum absolute atomic E-state index is 0.236. The fourth-order valence-corrected chi connectivity index (χ4v) is 4.54. The van der Waals surface area contributed by atoms with Crippen LogP contribution in [-0.4, -0.2) is 67.2 Å². The topological polar surface area (TPSA) is 99.2 Å². The summed E-state index contributed by atoms with van der Waals surface area (Å²) in [5.74, 6) is 0. The number of rotatable bonds is 4. The molecule has 9 heteroatoms. The number of hydrogen-bond donors (Lipinski definition) is 2. The third-order valence-electron chi connectivity index (χ3n) is 4.80. The highest BCUT2D eigenvalue weighted by molar-refractivity contribution is 7.87. The van der Waals surface area contributed by atoms with E-state index in [1.165, 1.54) is 9.21 Å². The molecule has 2 N–H and O–H groups in total. The molecule has 8 nitrogen and oxygen atoms in total. The maximum Gasteiger partial charge on any atom is 0.407 e. The molecule has 1 spiro atoms. The van der Waals surface area contributed by atoms with E-state index in [0.29, 0.717) is 39.1 Å². The summed E-state index contributed by atoms with van der Waals surface area (Å²) in [6.45, 7) is 1.83. The largest absolute Gasteiger partial charge is 0.465 e. The molecule has 2 fully saturated rings. The standard InChI is InChI=1S/C16H23N3O5S/c20-15(21)18-8-6-16(7-9-18)13-19(10-11-24-16)25(22,23)17-12-14-4-2-1-3-5-14/h1-5,17H,6-13H2,(H,20,21). The molecule has 1 aromatic rings. The predicted molar refractivity (Wildman–Crippen MR) is 91.3 cm³/mol. The first-order valence-corrected chi connectivity index (χ1v) is 9.75. The summed E-state index contributed by atoms with van der Waals surface area (Å²) in [7, 11) is -3.61. The Morgan fingerprint density at radius 2 is 1.88 bits per heavy atom. The molecule has 138 valence electrons. The van der Waals surface area contributed by atoms with Gasteiger partial charge in [0.05, 0.1) is 12.2 Å². The Morgan fingerprint density at radius 1 is 1.20 bits per heavy atom. The Labute approximate surface area is 147 Å². The van der Waals surface area contributed by atoms with Crippen molar-refractivity contribution in [3.63, 3.8) is 0 Å². The van der Waals surface area contributed by atoms with Gasteiger partial charge in [0.2, 0.25) is 0 Å². The summed E-state index contributed by atoms with van der Waals surface area (Å²) < 4.78 is 35.1. The van der Waals surface area contributed by atoms with Crippen LogP contribution < -0.4 is 4.72 Å². The summed E-state index contributed by atoms with van der Waals surface area (Å²) >= 11 is 0. The molecular formula is C16H23N3O5S. The van der Waals surface area contributed by atoms with E-state index in [2.05, 4.69) is 4.72 Å². The minimum atomic E-state index is -3.61. The summed E-state index contributed by atoms with van der Waals surface area (Å²) in [6.07, 6.45) is 0.0632. The number of carboxylic acid groups (broad SMARTS) is 1. The molecule has 1 aromatic carbocycles. The minimum Gasteiger partial charge on any atom is -0.465 e. The van der Waals surface area contributed by atoms with Crippen LogP contribution in [0.25, 0.3) is 0 Å². The average Bonchev–Trinajstić information content (AvgIpc) is 2.61. The second-order valence-electron chi connectivity index (χ2n) is 6.45. The van der Waals surface area contributed by atoms with Crippen molar-refractivity contribution in [1.29, 1.82) is 0 Å². The monoisotopic (exact) mass is 369 g/mol. The van der Waals surface area contributed by atoms with E-state index in [1.54, 1.807) is 0 Å². The van der Waals surface area contributed by atoms with Crippen LogP contribution in [0.5, 0.6) is 0 Å². The molecule has 0 bridgehead atoms. The van der Waals surface area contributed by atoms with E-state index < -0.39 is 21.9 Å². The van der Waals surface area contributed by atoms with Crippen LogP contribution in [0.3, 0.4) is 0 Å². The third kappa shape index (κ3) is 4.30. The van der Waals surface area contributed by atoms with E-state index >= 15 is 0 Å². The number of nitrogens with one attached hydrogen (secondary N) is 1. The van der Waals surface area contributed by atoms with Crippen LogP contribution in [-0.2, 0) is 21.5 Å². The van der Waals surface area contributed by atoms with Gasteiger partial charge in [-0.05, 0) is 18.4 Å². The fourth-order valence-electron chi connectivity index (χ4n) is 3.28. The first-order chi connectivity index (χ1) is 11.9. The number of morpholine rings is 1. The third-order valence-corrected chi connectivity index (χ3v) is 6.30. The van der Waals surface area contributed by atoms with Gasteiger partial charge in [0, 0.05) is 32.7 Å². The number of amides is 1. The van der Waals surface area contributed by atoms with Crippen molar-refractivity contribution in [3.05, 3.63) is 35.9 Å². The van der Waals surface area contributed by atoms with Crippen LogP contribution in [0.2, 0.25) is 0 Å². The van der Waals surface area contributed by atoms with Crippen LogP contribution in [0.15, 0.2) is 30.3 Å². The molecule has 1 amide bonds. The lowest BCUT2D eigenvalue weighted by Gasteiger charge is -2.46. The molecule has 2 heterocycles. The van der Waals surface area contributed by atoms with Crippen molar-refractivity contribution < 1.29 is 23.1 Å². The summed E-state index contributed by atoms with van der Waals surface area (Å²) in [6, 6.07) is 9.34. The molecule has 0 aliphatic carbocycles. The summed E-state index contributed by atoms with van der Waals surface area (Å²) in [5, 5.41) is 9.05. The average molecular weight is 369 g/mol. The quantitative estimate of drug-likeness (QED) is 0.820. The molecule has 25 heavy (non-hydrogen) atoms. The van der Waals surface area contributed by atoms with Gasteiger partial charge in [0.1, 0.15) is 0 Å². The molecule has 0 atom stereocenters. The lowest BCUT2D eigenvalue weighted by molar-refractivity contribution is -0.116. The molecule has 0 aromatic heterocycles. The molecule has 0 saturated carbocycles. The molecule has 3 rings (SSSR count). The summed E-state index contributed by atoms with van der Waals surface area (Å²) in [4.78, 5) is 12.4. The van der Waals surface area contributed by atoms with Crippen molar-refractivity contribution in [2.45, 2.75) is 25.0 Å². The van der Waals surface area contributed by atoms with Crippen LogP contribution in [0.4, 0.5) is 4.79 Å².